The monoisotopic (exact) mass is 387 g/mol. The largest absolute Gasteiger partial charge is 0.497 e. The van der Waals surface area contributed by atoms with Crippen LogP contribution in [0, 0.1) is 0 Å². The fraction of sp³-hybridized carbons (Fsp3) is 0.444. The van der Waals surface area contributed by atoms with Gasteiger partial charge in [-0.15, -0.1) is 5.10 Å². The molecule has 1 saturated heterocycles. The van der Waals surface area contributed by atoms with E-state index >= 15 is 0 Å². The average Bonchev–Trinajstić information content (AvgIpc) is 3.33. The number of benzene rings is 1. The Morgan fingerprint density at radius 3 is 2.79 bits per heavy atom. The molecule has 10 nitrogen and oxygen atoms in total. The number of nitrogens with one attached hydrogen (secondary N) is 1. The lowest BCUT2D eigenvalue weighted by Crippen LogP contribution is -2.35. The molecule has 1 unspecified atom stereocenters. The number of methoxy groups -OCH3 is 1. The minimum Gasteiger partial charge on any atom is -0.497 e. The van der Waals surface area contributed by atoms with Gasteiger partial charge in [-0.05, 0) is 30.5 Å². The molecule has 0 bridgehead atoms. The van der Waals surface area contributed by atoms with Gasteiger partial charge in [0.2, 0.25) is 5.91 Å². The molecule has 10 heteroatoms. The topological polar surface area (TPSA) is 134 Å². The van der Waals surface area contributed by atoms with E-state index in [4.69, 9.17) is 19.9 Å². The van der Waals surface area contributed by atoms with Gasteiger partial charge in [0.1, 0.15) is 28.8 Å². The van der Waals surface area contributed by atoms with E-state index in [2.05, 4.69) is 15.6 Å². The van der Waals surface area contributed by atoms with Crippen LogP contribution in [0.2, 0.25) is 0 Å². The van der Waals surface area contributed by atoms with Crippen molar-refractivity contribution >= 4 is 12.0 Å². The van der Waals surface area contributed by atoms with Crippen LogP contribution in [0.25, 0.3) is 0 Å². The minimum atomic E-state index is -0.716. The Kier molecular flexibility index (Phi) is 4.63. The summed E-state index contributed by atoms with van der Waals surface area (Å²) in [6.45, 7) is 0.824. The highest BCUT2D eigenvalue weighted by atomic mass is 16.6. The lowest BCUT2D eigenvalue weighted by molar-refractivity contribution is -0.117. The smallest absolute Gasteiger partial charge is 0.408 e. The number of primary amides is 1. The van der Waals surface area contributed by atoms with Crippen molar-refractivity contribution in [2.75, 3.05) is 20.3 Å². The predicted molar refractivity (Wildman–Crippen MR) is 95.4 cm³/mol. The molecule has 1 aliphatic carbocycles. The third-order valence-corrected chi connectivity index (χ3v) is 4.95. The molecule has 0 saturated carbocycles. The van der Waals surface area contributed by atoms with Crippen molar-refractivity contribution in [2.45, 2.75) is 31.1 Å². The molecular weight excluding hydrogens is 366 g/mol. The molecule has 1 spiro atoms. The van der Waals surface area contributed by atoms with E-state index in [9.17, 15) is 9.59 Å². The molecule has 2 atom stereocenters. The summed E-state index contributed by atoms with van der Waals surface area (Å²) in [7, 11) is 1.62. The Bertz CT molecular complexity index is 890. The standard InChI is InChI=1S/C18H21N5O5/c1-26-12-4-2-11(3-5-12)9-23-16-15(21-22-23)13(6-7-18(16)10-27-18)28-17(25)20-8-14(19)24/h2-5,13H,6-10H2,1H3,(H2,19,24)(H,20,25)/t13?,18-/m0/s1. The molecule has 28 heavy (non-hydrogen) atoms. The molecule has 1 aliphatic heterocycles. The number of epoxide rings is 1. The van der Waals surface area contributed by atoms with Crippen LogP contribution < -0.4 is 15.8 Å². The molecule has 1 aromatic carbocycles. The zero-order valence-electron chi connectivity index (χ0n) is 15.4. The van der Waals surface area contributed by atoms with Crippen molar-refractivity contribution < 1.29 is 23.8 Å². The summed E-state index contributed by atoms with van der Waals surface area (Å²) in [5, 5.41) is 10.9. The van der Waals surface area contributed by atoms with Gasteiger partial charge in [0.05, 0.1) is 26.8 Å². The maximum absolute atomic E-state index is 11.9. The fourth-order valence-corrected chi connectivity index (χ4v) is 3.46. The summed E-state index contributed by atoms with van der Waals surface area (Å²) < 4.78 is 18.1. The third-order valence-electron chi connectivity index (χ3n) is 4.95. The summed E-state index contributed by atoms with van der Waals surface area (Å²) in [4.78, 5) is 22.7. The van der Waals surface area contributed by atoms with Crippen molar-refractivity contribution in [2.24, 2.45) is 5.73 Å². The Balaban J connectivity index is 1.54. The molecule has 2 aliphatic rings. The molecular formula is C18H21N5O5. The molecule has 148 valence electrons. The Hall–Kier alpha value is -3.14. The zero-order valence-corrected chi connectivity index (χ0v) is 15.4. The number of ether oxygens (including phenoxy) is 3. The molecule has 3 N–H and O–H groups in total. The number of nitrogens with zero attached hydrogens (tertiary/aromatic N) is 3. The summed E-state index contributed by atoms with van der Waals surface area (Å²) >= 11 is 0. The fourth-order valence-electron chi connectivity index (χ4n) is 3.46. The Morgan fingerprint density at radius 1 is 1.39 bits per heavy atom. The number of rotatable bonds is 6. The van der Waals surface area contributed by atoms with E-state index in [0.29, 0.717) is 31.7 Å². The third kappa shape index (κ3) is 3.50. The minimum absolute atomic E-state index is 0.282. The number of amides is 2. The van der Waals surface area contributed by atoms with E-state index in [1.54, 1.807) is 11.8 Å². The first-order chi connectivity index (χ1) is 13.5. The van der Waals surface area contributed by atoms with Crippen LogP contribution in [0.4, 0.5) is 4.79 Å². The molecule has 0 radical (unpaired) electrons. The first-order valence-electron chi connectivity index (χ1n) is 8.94. The SMILES string of the molecule is COc1ccc(Cn2nnc3c2[C@]2(CCC3OC(=O)NCC(N)=O)CO2)cc1. The maximum Gasteiger partial charge on any atom is 0.408 e. The molecule has 2 amide bonds. The average molecular weight is 387 g/mol. The van der Waals surface area contributed by atoms with Gasteiger partial charge in [0.15, 0.2) is 0 Å². The van der Waals surface area contributed by atoms with Gasteiger partial charge >= 0.3 is 6.09 Å². The highest BCUT2D eigenvalue weighted by Crippen LogP contribution is 2.51. The lowest BCUT2D eigenvalue weighted by atomic mass is 9.88. The van der Waals surface area contributed by atoms with E-state index in [1.807, 2.05) is 24.3 Å². The number of hydrogen-bond acceptors (Lipinski definition) is 7. The maximum atomic E-state index is 11.9. The Morgan fingerprint density at radius 2 is 2.14 bits per heavy atom. The molecule has 2 aromatic rings. The predicted octanol–water partition coefficient (Wildman–Crippen LogP) is 0.607. The number of nitrogens with two attached hydrogens (primary N) is 1. The second kappa shape index (κ2) is 7.12. The van der Waals surface area contributed by atoms with E-state index in [1.165, 1.54) is 0 Å². The summed E-state index contributed by atoms with van der Waals surface area (Å²) in [6, 6.07) is 7.69. The quantitative estimate of drug-likeness (QED) is 0.694. The highest BCUT2D eigenvalue weighted by Gasteiger charge is 2.55. The first-order valence-corrected chi connectivity index (χ1v) is 8.94. The van der Waals surface area contributed by atoms with Gasteiger partial charge in [0.25, 0.3) is 0 Å². The van der Waals surface area contributed by atoms with Gasteiger partial charge in [-0.3, -0.25) is 4.79 Å². The van der Waals surface area contributed by atoms with Crippen molar-refractivity contribution in [3.05, 3.63) is 41.2 Å². The van der Waals surface area contributed by atoms with Crippen molar-refractivity contribution in [1.82, 2.24) is 20.3 Å². The van der Waals surface area contributed by atoms with Crippen LogP contribution in [-0.4, -0.2) is 47.3 Å². The van der Waals surface area contributed by atoms with Gasteiger partial charge < -0.3 is 25.3 Å². The van der Waals surface area contributed by atoms with Crippen LogP contribution >= 0.6 is 0 Å². The van der Waals surface area contributed by atoms with Gasteiger partial charge in [0, 0.05) is 0 Å². The number of aromatic nitrogens is 3. The van der Waals surface area contributed by atoms with Crippen LogP contribution in [0.5, 0.6) is 5.75 Å². The first kappa shape index (κ1) is 18.2. The van der Waals surface area contributed by atoms with Gasteiger partial charge in [-0.25, -0.2) is 9.48 Å². The van der Waals surface area contributed by atoms with Crippen LogP contribution in [-0.2, 0) is 26.4 Å². The second-order valence-electron chi connectivity index (χ2n) is 6.86. The van der Waals surface area contributed by atoms with Crippen LogP contribution in [0.3, 0.4) is 0 Å². The van der Waals surface area contributed by atoms with E-state index in [0.717, 1.165) is 17.0 Å². The molecule has 1 fully saturated rings. The number of carbonyl (C=O) groups excluding carboxylic acids is 2. The number of alkyl carbamates (subject to hydrolysis) is 1. The number of carbonyl (C=O) groups is 2. The van der Waals surface area contributed by atoms with Crippen molar-refractivity contribution in [1.29, 1.82) is 0 Å². The normalized spacial score (nSPS) is 22.4. The Labute approximate surface area is 160 Å². The number of hydrogen-bond donors (Lipinski definition) is 2. The molecule has 2 heterocycles. The van der Waals surface area contributed by atoms with Gasteiger partial charge in [-0.2, -0.15) is 0 Å². The van der Waals surface area contributed by atoms with E-state index in [-0.39, 0.29) is 6.54 Å². The highest BCUT2D eigenvalue weighted by molar-refractivity contribution is 5.80. The summed E-state index contributed by atoms with van der Waals surface area (Å²) in [5.74, 6) is 0.138. The molecule has 1 aromatic heterocycles. The van der Waals surface area contributed by atoms with Crippen molar-refractivity contribution in [3.63, 3.8) is 0 Å². The van der Waals surface area contributed by atoms with Crippen LogP contribution in [0.1, 0.15) is 35.9 Å². The number of fused-ring (bicyclic) bond motifs is 2. The summed E-state index contributed by atoms with van der Waals surface area (Å²) in [5.41, 5.74) is 7.08. The van der Waals surface area contributed by atoms with Gasteiger partial charge in [-0.1, -0.05) is 17.3 Å². The zero-order chi connectivity index (χ0) is 19.7. The van der Waals surface area contributed by atoms with Crippen molar-refractivity contribution in [3.8, 4) is 5.75 Å². The summed E-state index contributed by atoms with van der Waals surface area (Å²) in [6.07, 6.45) is -0.00319. The second-order valence-corrected chi connectivity index (χ2v) is 6.86. The van der Waals surface area contributed by atoms with Crippen LogP contribution in [0.15, 0.2) is 24.3 Å². The lowest BCUT2D eigenvalue weighted by Gasteiger charge is -2.26. The van der Waals surface area contributed by atoms with E-state index < -0.39 is 23.7 Å². The molecule has 4 rings (SSSR count).